The van der Waals surface area contributed by atoms with Crippen molar-refractivity contribution in [2.45, 2.75) is 105 Å². The van der Waals surface area contributed by atoms with Gasteiger partial charge in [0.1, 0.15) is 5.78 Å². The van der Waals surface area contributed by atoms with Crippen LogP contribution in [0.15, 0.2) is 0 Å². The van der Waals surface area contributed by atoms with Gasteiger partial charge in [0.05, 0.1) is 24.7 Å². The van der Waals surface area contributed by atoms with E-state index in [1.807, 2.05) is 20.8 Å². The second-order valence-electron chi connectivity index (χ2n) is 11.1. The molecule has 4 heteroatoms. The number of hydrogen-bond donors (Lipinski definition) is 0. The van der Waals surface area contributed by atoms with Gasteiger partial charge in [-0.2, -0.15) is 0 Å². The van der Waals surface area contributed by atoms with Crippen LogP contribution in [0.5, 0.6) is 0 Å². The van der Waals surface area contributed by atoms with E-state index in [9.17, 15) is 9.59 Å². The van der Waals surface area contributed by atoms with Gasteiger partial charge in [0.25, 0.3) is 0 Å². The van der Waals surface area contributed by atoms with Crippen molar-refractivity contribution in [3.63, 3.8) is 0 Å². The first kappa shape index (κ1) is 24.4. The Bertz CT molecular complexity index is 530. The van der Waals surface area contributed by atoms with Gasteiger partial charge in [-0.3, -0.25) is 9.59 Å². The van der Waals surface area contributed by atoms with Crippen LogP contribution >= 0.6 is 0 Å². The van der Waals surface area contributed by atoms with Gasteiger partial charge in [0.2, 0.25) is 0 Å². The van der Waals surface area contributed by atoms with E-state index in [-0.39, 0.29) is 28.8 Å². The zero-order valence-electron chi connectivity index (χ0n) is 19.7. The van der Waals surface area contributed by atoms with Crippen molar-refractivity contribution in [1.82, 2.24) is 0 Å². The SMILES string of the molecule is CCC(C)(C)OCC1CCC(COC(=O)C2CCC(C(=O)C(C)(C)C)CC2)CC1. The van der Waals surface area contributed by atoms with Gasteiger partial charge in [-0.25, -0.2) is 0 Å². The smallest absolute Gasteiger partial charge is 0.308 e. The molecule has 0 aromatic carbocycles. The Morgan fingerprint density at radius 1 is 0.759 bits per heavy atom. The van der Waals surface area contributed by atoms with E-state index in [4.69, 9.17) is 9.47 Å². The van der Waals surface area contributed by atoms with E-state index < -0.39 is 0 Å². The molecule has 0 atom stereocenters. The largest absolute Gasteiger partial charge is 0.465 e. The third-order valence-corrected chi connectivity index (χ3v) is 7.16. The van der Waals surface area contributed by atoms with Gasteiger partial charge in [-0.1, -0.05) is 27.7 Å². The fraction of sp³-hybridized carbons (Fsp3) is 0.920. The van der Waals surface area contributed by atoms with E-state index in [0.29, 0.717) is 24.2 Å². The molecule has 29 heavy (non-hydrogen) atoms. The molecule has 0 N–H and O–H groups in total. The zero-order chi connectivity index (χ0) is 21.7. The van der Waals surface area contributed by atoms with E-state index in [2.05, 4.69) is 20.8 Å². The summed E-state index contributed by atoms with van der Waals surface area (Å²) < 4.78 is 11.8. The lowest BCUT2D eigenvalue weighted by Gasteiger charge is -2.32. The highest BCUT2D eigenvalue weighted by Crippen LogP contribution is 2.35. The van der Waals surface area contributed by atoms with Crippen molar-refractivity contribution in [2.75, 3.05) is 13.2 Å². The number of esters is 1. The molecule has 0 aromatic rings. The molecule has 2 saturated carbocycles. The minimum Gasteiger partial charge on any atom is -0.465 e. The highest BCUT2D eigenvalue weighted by atomic mass is 16.5. The second kappa shape index (κ2) is 10.4. The van der Waals surface area contributed by atoms with Crippen LogP contribution in [-0.4, -0.2) is 30.6 Å². The Kier molecular flexibility index (Phi) is 8.75. The summed E-state index contributed by atoms with van der Waals surface area (Å²) in [6.45, 7) is 13.9. The minimum absolute atomic E-state index is 0.0139. The van der Waals surface area contributed by atoms with Crippen LogP contribution in [-0.2, 0) is 19.1 Å². The molecule has 0 amide bonds. The maximum atomic E-state index is 12.5. The Morgan fingerprint density at radius 3 is 1.72 bits per heavy atom. The molecule has 0 unspecified atom stereocenters. The molecule has 0 spiro atoms. The number of ketones is 1. The lowest BCUT2D eigenvalue weighted by Crippen LogP contribution is -2.33. The molecule has 0 aliphatic heterocycles. The third-order valence-electron chi connectivity index (χ3n) is 7.16. The molecule has 0 bridgehead atoms. The zero-order valence-corrected chi connectivity index (χ0v) is 19.7. The van der Waals surface area contributed by atoms with E-state index in [1.54, 1.807) is 0 Å². The summed E-state index contributed by atoms with van der Waals surface area (Å²) in [4.78, 5) is 24.9. The Hall–Kier alpha value is -0.900. The van der Waals surface area contributed by atoms with Crippen LogP contribution in [0.1, 0.15) is 99.3 Å². The Balaban J connectivity index is 1.64. The van der Waals surface area contributed by atoms with Crippen molar-refractivity contribution in [2.24, 2.45) is 29.1 Å². The molecule has 2 aliphatic carbocycles. The van der Waals surface area contributed by atoms with Crippen LogP contribution in [0, 0.1) is 29.1 Å². The number of hydrogen-bond acceptors (Lipinski definition) is 4. The maximum Gasteiger partial charge on any atom is 0.308 e. The van der Waals surface area contributed by atoms with Crippen LogP contribution in [0.3, 0.4) is 0 Å². The minimum atomic E-state index is -0.284. The molecule has 0 heterocycles. The lowest BCUT2D eigenvalue weighted by molar-refractivity contribution is -0.152. The average molecular weight is 409 g/mol. The number of Topliss-reactive ketones (excluding diaryl/α,β-unsaturated/α-hetero) is 1. The molecule has 0 radical (unpaired) electrons. The molecule has 168 valence electrons. The van der Waals surface area contributed by atoms with Gasteiger partial charge in [-0.15, -0.1) is 0 Å². The first-order chi connectivity index (χ1) is 13.5. The van der Waals surface area contributed by atoms with Crippen LogP contribution in [0.25, 0.3) is 0 Å². The first-order valence-corrected chi connectivity index (χ1v) is 11.9. The topological polar surface area (TPSA) is 52.6 Å². The standard InChI is InChI=1S/C25H44O4/c1-7-25(5,6)29-17-19-10-8-18(9-11-19)16-28-23(27)21-14-12-20(13-15-21)22(26)24(2,3)4/h18-21H,7-17H2,1-6H3. The molecule has 2 aliphatic rings. The predicted octanol–water partition coefficient (Wildman–Crippen LogP) is 5.96. The maximum absolute atomic E-state index is 12.5. The highest BCUT2D eigenvalue weighted by Gasteiger charge is 2.35. The first-order valence-electron chi connectivity index (χ1n) is 11.9. The lowest BCUT2D eigenvalue weighted by atomic mass is 9.73. The predicted molar refractivity (Wildman–Crippen MR) is 117 cm³/mol. The van der Waals surface area contributed by atoms with Gasteiger partial charge in [0, 0.05) is 11.3 Å². The highest BCUT2D eigenvalue weighted by molar-refractivity contribution is 5.86. The molecule has 2 rings (SSSR count). The number of ether oxygens (including phenoxy) is 2. The fourth-order valence-electron chi connectivity index (χ4n) is 4.53. The van der Waals surface area contributed by atoms with Gasteiger partial charge in [0.15, 0.2) is 0 Å². The number of carbonyl (C=O) groups is 2. The molecular weight excluding hydrogens is 364 g/mol. The summed E-state index contributed by atoms with van der Waals surface area (Å²) in [5.41, 5.74) is -0.308. The number of rotatable bonds is 8. The molecule has 2 fully saturated rings. The van der Waals surface area contributed by atoms with E-state index in [0.717, 1.165) is 51.6 Å². The summed E-state index contributed by atoms with van der Waals surface area (Å²) in [7, 11) is 0. The fourth-order valence-corrected chi connectivity index (χ4v) is 4.53. The van der Waals surface area contributed by atoms with Gasteiger partial charge < -0.3 is 9.47 Å². The van der Waals surface area contributed by atoms with Crippen molar-refractivity contribution in [1.29, 1.82) is 0 Å². The van der Waals surface area contributed by atoms with E-state index in [1.165, 1.54) is 12.8 Å². The van der Waals surface area contributed by atoms with Crippen LogP contribution < -0.4 is 0 Å². The van der Waals surface area contributed by atoms with Crippen molar-refractivity contribution >= 4 is 11.8 Å². The summed E-state index contributed by atoms with van der Waals surface area (Å²) in [6, 6.07) is 0. The summed E-state index contributed by atoms with van der Waals surface area (Å²) in [6.07, 6.45) is 8.87. The molecule has 4 nitrogen and oxygen atoms in total. The quantitative estimate of drug-likeness (QED) is 0.465. The van der Waals surface area contributed by atoms with Gasteiger partial charge >= 0.3 is 5.97 Å². The summed E-state index contributed by atoms with van der Waals surface area (Å²) >= 11 is 0. The third kappa shape index (κ3) is 7.70. The molecular formula is C25H44O4. The molecule has 0 saturated heterocycles. The monoisotopic (exact) mass is 408 g/mol. The van der Waals surface area contributed by atoms with Crippen molar-refractivity contribution < 1.29 is 19.1 Å². The Morgan fingerprint density at radius 2 is 1.24 bits per heavy atom. The van der Waals surface area contributed by atoms with Crippen LogP contribution in [0.2, 0.25) is 0 Å². The van der Waals surface area contributed by atoms with E-state index >= 15 is 0 Å². The second-order valence-corrected chi connectivity index (χ2v) is 11.1. The number of carbonyl (C=O) groups excluding carboxylic acids is 2. The van der Waals surface area contributed by atoms with Gasteiger partial charge in [-0.05, 0) is 83.5 Å². The van der Waals surface area contributed by atoms with Crippen molar-refractivity contribution in [3.05, 3.63) is 0 Å². The summed E-state index contributed by atoms with van der Waals surface area (Å²) in [5, 5.41) is 0. The summed E-state index contributed by atoms with van der Waals surface area (Å²) in [5.74, 6) is 1.54. The van der Waals surface area contributed by atoms with Crippen LogP contribution in [0.4, 0.5) is 0 Å². The Labute approximate surface area is 178 Å². The van der Waals surface area contributed by atoms with Crippen molar-refractivity contribution in [3.8, 4) is 0 Å². The average Bonchev–Trinajstić information content (AvgIpc) is 2.70. The normalized spacial score (nSPS) is 28.8. The molecule has 0 aromatic heterocycles.